The molecule has 0 spiro atoms. The average molecular weight is 801 g/mol. The zero-order valence-corrected chi connectivity index (χ0v) is 33.6. The summed E-state index contributed by atoms with van der Waals surface area (Å²) >= 11 is 0. The fraction of sp³-hybridized carbons (Fsp3) is 0.250. The summed E-state index contributed by atoms with van der Waals surface area (Å²) in [5.74, 6) is -5.00. The summed E-state index contributed by atoms with van der Waals surface area (Å²) < 4.78 is 5.89. The quantitative estimate of drug-likeness (QED) is 0.0860. The molecule has 9 rings (SSSR count). The molecule has 3 fully saturated rings. The van der Waals surface area contributed by atoms with Crippen LogP contribution < -0.4 is 20.0 Å². The third-order valence-electron chi connectivity index (χ3n) is 12.7. The lowest BCUT2D eigenvalue weighted by Gasteiger charge is -2.50. The number of hydrogen-bond donors (Lipinski definition) is 2. The van der Waals surface area contributed by atoms with Crippen molar-refractivity contribution < 1.29 is 29.0 Å². The van der Waals surface area contributed by atoms with Gasteiger partial charge in [0.1, 0.15) is 11.5 Å². The van der Waals surface area contributed by atoms with Crippen molar-refractivity contribution in [3.05, 3.63) is 150 Å². The molecule has 2 N–H and O–H groups in total. The predicted molar refractivity (Wildman–Crippen MR) is 227 cm³/mol. The highest BCUT2D eigenvalue weighted by Gasteiger charge is 2.70. The molecule has 302 valence electrons. The summed E-state index contributed by atoms with van der Waals surface area (Å²) in [6, 6.07) is 36.0. The minimum Gasteiger partial charge on any atom is -0.508 e. The SMILES string of the molecule is COc1cc(O)ccc1C1C2=CCC3C(=O)N(c4ccc(N=Nc5ccc(N(C)C)cc5)cc4)C(=O)C3C2CC2C(=O)N(Nc3ccc(C)cc3)C(=O)C21c1ccccc1. The largest absolute Gasteiger partial charge is 0.508 e. The molecular formula is C48H44N6O6. The first-order chi connectivity index (χ1) is 29.0. The Labute approximate surface area is 347 Å². The lowest BCUT2D eigenvalue weighted by molar-refractivity contribution is -0.138. The highest BCUT2D eigenvalue weighted by Crippen LogP contribution is 2.65. The Balaban J connectivity index is 1.11. The van der Waals surface area contributed by atoms with Gasteiger partial charge in [0.2, 0.25) is 11.8 Å². The van der Waals surface area contributed by atoms with Gasteiger partial charge in [0.15, 0.2) is 0 Å². The number of azo groups is 1. The number of amides is 4. The molecule has 60 heavy (non-hydrogen) atoms. The molecule has 0 aromatic heterocycles. The lowest BCUT2D eigenvalue weighted by atomic mass is 9.49. The van der Waals surface area contributed by atoms with Crippen LogP contribution in [0.5, 0.6) is 11.5 Å². The van der Waals surface area contributed by atoms with Gasteiger partial charge in [-0.05, 0) is 98.0 Å². The van der Waals surface area contributed by atoms with Gasteiger partial charge in [0.25, 0.3) is 11.8 Å². The van der Waals surface area contributed by atoms with Gasteiger partial charge in [0, 0.05) is 37.3 Å². The van der Waals surface area contributed by atoms with Gasteiger partial charge in [0.05, 0.1) is 53.0 Å². The molecule has 2 aliphatic carbocycles. The number of imide groups is 2. The number of phenolic OH excluding ortho intramolecular Hbond substituents is 1. The molecular weight excluding hydrogens is 757 g/mol. The second-order valence-corrected chi connectivity index (χ2v) is 16.2. The third-order valence-corrected chi connectivity index (χ3v) is 12.7. The maximum Gasteiger partial charge on any atom is 0.260 e. The number of nitrogens with one attached hydrogen (secondary N) is 1. The minimum atomic E-state index is -1.47. The van der Waals surface area contributed by atoms with Crippen molar-refractivity contribution >= 4 is 52.1 Å². The van der Waals surface area contributed by atoms with Gasteiger partial charge >= 0.3 is 0 Å². The van der Waals surface area contributed by atoms with E-state index in [0.717, 1.165) is 21.8 Å². The number of aromatic hydroxyl groups is 1. The van der Waals surface area contributed by atoms with E-state index in [2.05, 4.69) is 15.7 Å². The maximum atomic E-state index is 15.4. The van der Waals surface area contributed by atoms with Crippen LogP contribution >= 0.6 is 0 Å². The molecule has 5 aromatic carbocycles. The van der Waals surface area contributed by atoms with Crippen LogP contribution in [0.1, 0.15) is 35.4 Å². The average Bonchev–Trinajstić information content (AvgIpc) is 3.64. The van der Waals surface area contributed by atoms with Crippen molar-refractivity contribution in [3.8, 4) is 11.5 Å². The zero-order chi connectivity index (χ0) is 41.9. The first-order valence-corrected chi connectivity index (χ1v) is 20.0. The fourth-order valence-electron chi connectivity index (χ4n) is 9.89. The molecule has 4 amide bonds. The number of phenols is 1. The number of carbonyl (C=O) groups is 4. The number of ether oxygens (including phenoxy) is 1. The van der Waals surface area contributed by atoms with Gasteiger partial charge in [-0.2, -0.15) is 15.2 Å². The molecule has 2 heterocycles. The third kappa shape index (κ3) is 6.13. The molecule has 6 unspecified atom stereocenters. The Morgan fingerprint density at radius 1 is 0.783 bits per heavy atom. The number of benzene rings is 5. The molecule has 1 saturated carbocycles. The number of fused-ring (bicyclic) bond motifs is 4. The Bertz CT molecular complexity index is 2570. The maximum absolute atomic E-state index is 15.4. The van der Waals surface area contributed by atoms with Crippen molar-refractivity contribution in [2.24, 2.45) is 33.9 Å². The van der Waals surface area contributed by atoms with Gasteiger partial charge in [-0.1, -0.05) is 65.7 Å². The van der Waals surface area contributed by atoms with Gasteiger partial charge in [-0.15, -0.1) is 0 Å². The number of rotatable bonds is 9. The number of aryl methyl sites for hydroxylation is 1. The molecule has 0 bridgehead atoms. The van der Waals surface area contributed by atoms with Crippen molar-refractivity contribution in [3.63, 3.8) is 0 Å². The molecule has 0 radical (unpaired) electrons. The van der Waals surface area contributed by atoms with Crippen LogP contribution in [0, 0.1) is 30.6 Å². The normalized spacial score (nSPS) is 24.6. The van der Waals surface area contributed by atoms with E-state index >= 15 is 4.79 Å². The summed E-state index contributed by atoms with van der Waals surface area (Å²) in [4.78, 5) is 62.8. The highest BCUT2D eigenvalue weighted by atomic mass is 16.5. The van der Waals surface area contributed by atoms with E-state index in [1.807, 2.05) is 111 Å². The molecule has 12 nitrogen and oxygen atoms in total. The van der Waals surface area contributed by atoms with E-state index in [-0.39, 0.29) is 30.4 Å². The standard InChI is InChI=1S/C48H44N6O6/c1-28-10-12-32(13-11-28)51-54-45(57)40-27-39-36(43(37-23-22-35(55)26-41(37)60-4)48(40,47(54)59)29-8-6-5-7-9-29)24-25-38-42(39)46(58)53(44(38)56)34-20-16-31(17-21-34)50-49-30-14-18-33(19-15-30)52(2)3/h5-24,26,38-40,42-43,51,55H,25,27H2,1-4H3. The first kappa shape index (κ1) is 38.4. The Kier molecular flexibility index (Phi) is 9.57. The van der Waals surface area contributed by atoms with Crippen molar-refractivity contribution in [2.45, 2.75) is 31.1 Å². The van der Waals surface area contributed by atoms with Crippen LogP contribution in [0.3, 0.4) is 0 Å². The van der Waals surface area contributed by atoms with Crippen LogP contribution in [-0.2, 0) is 24.6 Å². The summed E-state index contributed by atoms with van der Waals surface area (Å²) in [5, 5.41) is 20.5. The number of nitrogens with zero attached hydrogens (tertiary/aromatic N) is 5. The molecule has 5 aromatic rings. The number of hydrazine groups is 1. The van der Waals surface area contributed by atoms with Gasteiger partial charge in [-0.25, -0.2) is 0 Å². The number of methoxy groups -OCH3 is 1. The summed E-state index contributed by atoms with van der Waals surface area (Å²) in [6.07, 6.45) is 2.41. The Hall–Kier alpha value is -7.08. The van der Waals surface area contributed by atoms with E-state index in [1.165, 1.54) is 18.1 Å². The van der Waals surface area contributed by atoms with E-state index in [4.69, 9.17) is 4.74 Å². The van der Waals surface area contributed by atoms with Crippen LogP contribution in [0.15, 0.2) is 143 Å². The topological polar surface area (TPSA) is 144 Å². The molecule has 6 atom stereocenters. The lowest BCUT2D eigenvalue weighted by Crippen LogP contribution is -2.53. The summed E-state index contributed by atoms with van der Waals surface area (Å²) in [5.41, 5.74) is 7.96. The Morgan fingerprint density at radius 3 is 2.10 bits per heavy atom. The van der Waals surface area contributed by atoms with Crippen LogP contribution in [0.4, 0.5) is 28.4 Å². The van der Waals surface area contributed by atoms with Crippen LogP contribution in [-0.4, -0.2) is 54.9 Å². The molecule has 12 heteroatoms. The van der Waals surface area contributed by atoms with E-state index in [0.29, 0.717) is 39.6 Å². The first-order valence-electron chi connectivity index (χ1n) is 20.0. The number of anilines is 3. The van der Waals surface area contributed by atoms with Crippen molar-refractivity contribution in [1.29, 1.82) is 0 Å². The van der Waals surface area contributed by atoms with E-state index in [1.54, 1.807) is 36.4 Å². The smallest absolute Gasteiger partial charge is 0.260 e. The van der Waals surface area contributed by atoms with Crippen LogP contribution in [0.2, 0.25) is 0 Å². The molecule has 2 saturated heterocycles. The number of carbonyl (C=O) groups excluding carboxylic acids is 4. The predicted octanol–water partition coefficient (Wildman–Crippen LogP) is 8.38. The van der Waals surface area contributed by atoms with Gasteiger partial charge < -0.3 is 14.7 Å². The monoisotopic (exact) mass is 800 g/mol. The molecule has 4 aliphatic rings. The number of hydrogen-bond acceptors (Lipinski definition) is 10. The van der Waals surface area contributed by atoms with Gasteiger partial charge in [-0.3, -0.25) is 29.5 Å². The minimum absolute atomic E-state index is 0.0270. The van der Waals surface area contributed by atoms with E-state index < -0.39 is 46.8 Å². The second kappa shape index (κ2) is 14.9. The number of allylic oxidation sites excluding steroid dienone is 2. The summed E-state index contributed by atoms with van der Waals surface area (Å²) in [6.45, 7) is 1.96. The van der Waals surface area contributed by atoms with Crippen molar-refractivity contribution in [2.75, 3.05) is 36.4 Å². The molecule has 2 aliphatic heterocycles. The zero-order valence-electron chi connectivity index (χ0n) is 33.6. The second-order valence-electron chi connectivity index (χ2n) is 16.2. The Morgan fingerprint density at radius 2 is 1.45 bits per heavy atom. The van der Waals surface area contributed by atoms with Crippen LogP contribution in [0.25, 0.3) is 0 Å². The summed E-state index contributed by atoms with van der Waals surface area (Å²) in [7, 11) is 5.43. The van der Waals surface area contributed by atoms with Crippen molar-refractivity contribution in [1.82, 2.24) is 5.01 Å². The van der Waals surface area contributed by atoms with E-state index in [9.17, 15) is 19.5 Å². The highest BCUT2D eigenvalue weighted by molar-refractivity contribution is 6.22. The fourth-order valence-corrected chi connectivity index (χ4v) is 9.89.